The third-order valence-corrected chi connectivity index (χ3v) is 7.20. The summed E-state index contributed by atoms with van der Waals surface area (Å²) < 4.78 is 17.9. The Balaban J connectivity index is 1.67. The summed E-state index contributed by atoms with van der Waals surface area (Å²) in [6.45, 7) is 4.79. The van der Waals surface area contributed by atoms with Crippen molar-refractivity contribution in [2.45, 2.75) is 64.1 Å². The second-order valence-electron chi connectivity index (χ2n) is 8.97. The molecule has 3 unspecified atom stereocenters. The smallest absolute Gasteiger partial charge is 0.145 e. The molecule has 4 rings (SSSR count). The van der Waals surface area contributed by atoms with E-state index >= 15 is 0 Å². The molecule has 2 aliphatic carbocycles. The predicted octanol–water partition coefficient (Wildman–Crippen LogP) is 6.45. The molecule has 1 aromatic carbocycles. The summed E-state index contributed by atoms with van der Waals surface area (Å²) in [5.74, 6) is 1.46. The zero-order valence-corrected chi connectivity index (χ0v) is 19.8. The van der Waals surface area contributed by atoms with Crippen LogP contribution in [-0.2, 0) is 20.9 Å². The van der Waals surface area contributed by atoms with E-state index in [9.17, 15) is 4.79 Å². The molecule has 168 valence electrons. The van der Waals surface area contributed by atoms with Crippen molar-refractivity contribution in [2.75, 3.05) is 13.7 Å². The van der Waals surface area contributed by atoms with Crippen LogP contribution in [0.1, 0.15) is 63.2 Å². The van der Waals surface area contributed by atoms with E-state index < -0.39 is 5.60 Å². The van der Waals surface area contributed by atoms with Crippen LogP contribution in [0.2, 0.25) is 10.0 Å². The van der Waals surface area contributed by atoms with E-state index in [1.54, 1.807) is 19.2 Å². The maximum Gasteiger partial charge on any atom is 0.145 e. The van der Waals surface area contributed by atoms with Crippen molar-refractivity contribution in [1.29, 1.82) is 0 Å². The molecule has 0 N–H and O–H groups in total. The second-order valence-corrected chi connectivity index (χ2v) is 9.78. The Morgan fingerprint density at radius 3 is 2.55 bits per heavy atom. The molecule has 0 radical (unpaired) electrons. The van der Waals surface area contributed by atoms with Crippen molar-refractivity contribution in [3.63, 3.8) is 0 Å². The highest BCUT2D eigenvalue weighted by atomic mass is 35.5. The lowest BCUT2D eigenvalue weighted by molar-refractivity contribution is -0.157. The number of aromatic nitrogens is 1. The van der Waals surface area contributed by atoms with Crippen molar-refractivity contribution in [2.24, 2.45) is 11.8 Å². The number of carbonyl (C=O) groups excluding carboxylic acids is 1. The molecular formula is C24H29Cl2NO4. The van der Waals surface area contributed by atoms with Crippen LogP contribution in [0.15, 0.2) is 22.7 Å². The van der Waals surface area contributed by atoms with Crippen LogP contribution in [0.25, 0.3) is 11.3 Å². The van der Waals surface area contributed by atoms with Gasteiger partial charge in [-0.15, -0.1) is 0 Å². The Bertz CT molecular complexity index is 935. The largest absolute Gasteiger partial charge is 0.382 e. The molecule has 2 saturated carbocycles. The van der Waals surface area contributed by atoms with Gasteiger partial charge in [0.25, 0.3) is 0 Å². The molecular weight excluding hydrogens is 437 g/mol. The quantitative estimate of drug-likeness (QED) is 0.447. The zero-order chi connectivity index (χ0) is 22.2. The SMILES string of the molecule is CCC1CC(COC)(OCc2c(-c3c(Cl)cccc3Cl)noc2C2CC2)CC(C)C1=O. The predicted molar refractivity (Wildman–Crippen MR) is 121 cm³/mol. The molecule has 7 heteroatoms. The van der Waals surface area contributed by atoms with Crippen molar-refractivity contribution < 1.29 is 18.8 Å². The average molecular weight is 466 g/mol. The van der Waals surface area contributed by atoms with Crippen molar-refractivity contribution in [3.05, 3.63) is 39.6 Å². The summed E-state index contributed by atoms with van der Waals surface area (Å²) in [5, 5.41) is 5.40. The number of carbonyl (C=O) groups is 1. The molecule has 0 spiro atoms. The van der Waals surface area contributed by atoms with Gasteiger partial charge >= 0.3 is 0 Å². The fourth-order valence-corrected chi connectivity index (χ4v) is 5.43. The topological polar surface area (TPSA) is 61.6 Å². The average Bonchev–Trinajstić information content (AvgIpc) is 3.50. The number of halogens is 2. The molecule has 1 aromatic heterocycles. The fraction of sp³-hybridized carbons (Fsp3) is 0.583. The van der Waals surface area contributed by atoms with Crippen LogP contribution in [0.4, 0.5) is 0 Å². The van der Waals surface area contributed by atoms with Crippen LogP contribution in [0.5, 0.6) is 0 Å². The van der Waals surface area contributed by atoms with Gasteiger partial charge in [-0.2, -0.15) is 0 Å². The minimum absolute atomic E-state index is 0.0123. The molecule has 0 aliphatic heterocycles. The number of ether oxygens (including phenoxy) is 2. The van der Waals surface area contributed by atoms with Gasteiger partial charge in [-0.1, -0.05) is 48.3 Å². The van der Waals surface area contributed by atoms with Gasteiger partial charge < -0.3 is 14.0 Å². The van der Waals surface area contributed by atoms with E-state index in [4.69, 9.17) is 37.2 Å². The van der Waals surface area contributed by atoms with Gasteiger partial charge in [-0.3, -0.25) is 4.79 Å². The number of Topliss-reactive ketones (excluding diaryl/α,β-unsaturated/α-hetero) is 1. The molecule has 5 nitrogen and oxygen atoms in total. The van der Waals surface area contributed by atoms with Crippen LogP contribution in [0, 0.1) is 11.8 Å². The summed E-state index contributed by atoms with van der Waals surface area (Å²) in [6, 6.07) is 5.41. The lowest BCUT2D eigenvalue weighted by Gasteiger charge is -2.42. The molecule has 2 aromatic rings. The van der Waals surface area contributed by atoms with Crippen LogP contribution in [0.3, 0.4) is 0 Å². The minimum Gasteiger partial charge on any atom is -0.382 e. The standard InChI is InChI=1S/C24H29Cl2NO4/c1-4-15-11-24(13-29-3,10-14(2)22(15)28)30-12-17-21(27-31-23(17)16-8-9-16)20-18(25)6-5-7-19(20)26/h5-7,14-16H,4,8-13H2,1-3H3. The number of rotatable bonds is 8. The summed E-state index contributed by atoms with van der Waals surface area (Å²) in [5.41, 5.74) is 1.67. The Morgan fingerprint density at radius 1 is 1.23 bits per heavy atom. The molecule has 2 fully saturated rings. The Hall–Kier alpha value is -1.40. The Labute approximate surface area is 193 Å². The number of nitrogens with zero attached hydrogens (tertiary/aromatic N) is 1. The van der Waals surface area contributed by atoms with E-state index in [1.807, 2.05) is 13.0 Å². The number of benzene rings is 1. The first-order chi connectivity index (χ1) is 14.9. The Kier molecular flexibility index (Phi) is 6.78. The first-order valence-corrected chi connectivity index (χ1v) is 11.7. The van der Waals surface area contributed by atoms with E-state index in [0.29, 0.717) is 59.1 Å². The van der Waals surface area contributed by atoms with Crippen LogP contribution >= 0.6 is 23.2 Å². The third kappa shape index (κ3) is 4.56. The zero-order valence-electron chi connectivity index (χ0n) is 18.2. The maximum absolute atomic E-state index is 12.6. The van der Waals surface area contributed by atoms with E-state index in [-0.39, 0.29) is 11.8 Å². The summed E-state index contributed by atoms with van der Waals surface area (Å²) in [4.78, 5) is 12.6. The van der Waals surface area contributed by atoms with Gasteiger partial charge in [0.15, 0.2) is 0 Å². The Morgan fingerprint density at radius 2 is 1.94 bits per heavy atom. The van der Waals surface area contributed by atoms with Gasteiger partial charge in [-0.25, -0.2) is 0 Å². The van der Waals surface area contributed by atoms with Crippen LogP contribution in [-0.4, -0.2) is 30.3 Å². The first kappa shape index (κ1) is 22.8. The van der Waals surface area contributed by atoms with Gasteiger partial charge in [0, 0.05) is 36.0 Å². The van der Waals surface area contributed by atoms with Gasteiger partial charge in [0.2, 0.25) is 0 Å². The lowest BCUT2D eigenvalue weighted by Crippen LogP contribution is -2.48. The van der Waals surface area contributed by atoms with E-state index in [1.165, 1.54) is 0 Å². The first-order valence-electron chi connectivity index (χ1n) is 11.0. The van der Waals surface area contributed by atoms with Crippen molar-refractivity contribution >= 4 is 29.0 Å². The lowest BCUT2D eigenvalue weighted by atomic mass is 9.71. The van der Waals surface area contributed by atoms with Crippen LogP contribution < -0.4 is 0 Å². The number of hydrogen-bond acceptors (Lipinski definition) is 5. The molecule has 0 bridgehead atoms. The second kappa shape index (κ2) is 9.22. The molecule has 3 atom stereocenters. The molecule has 2 aliphatic rings. The number of ketones is 1. The summed E-state index contributed by atoms with van der Waals surface area (Å²) in [6.07, 6.45) is 4.25. The minimum atomic E-state index is -0.525. The van der Waals surface area contributed by atoms with Crippen molar-refractivity contribution in [1.82, 2.24) is 5.16 Å². The van der Waals surface area contributed by atoms with Crippen molar-refractivity contribution in [3.8, 4) is 11.3 Å². The highest BCUT2D eigenvalue weighted by Gasteiger charge is 2.45. The van der Waals surface area contributed by atoms with Gasteiger partial charge in [0.05, 0.1) is 28.9 Å². The van der Waals surface area contributed by atoms with E-state index in [2.05, 4.69) is 12.1 Å². The van der Waals surface area contributed by atoms with Gasteiger partial charge in [0.1, 0.15) is 17.2 Å². The summed E-state index contributed by atoms with van der Waals surface area (Å²) in [7, 11) is 1.68. The molecule has 0 saturated heterocycles. The fourth-order valence-electron chi connectivity index (χ4n) is 4.85. The number of methoxy groups -OCH3 is 1. The normalized spacial score (nSPS) is 26.4. The highest BCUT2D eigenvalue weighted by molar-refractivity contribution is 6.39. The van der Waals surface area contributed by atoms with E-state index in [0.717, 1.165) is 30.6 Å². The third-order valence-electron chi connectivity index (χ3n) is 6.57. The molecule has 1 heterocycles. The highest BCUT2D eigenvalue weighted by Crippen LogP contribution is 2.47. The monoisotopic (exact) mass is 465 g/mol. The molecule has 0 amide bonds. The molecule has 31 heavy (non-hydrogen) atoms. The van der Waals surface area contributed by atoms with Gasteiger partial charge in [-0.05, 0) is 44.2 Å². The summed E-state index contributed by atoms with van der Waals surface area (Å²) >= 11 is 13.0. The number of hydrogen-bond donors (Lipinski definition) is 0. The maximum atomic E-state index is 12.6.